The number of esters is 1. The zero-order valence-electron chi connectivity index (χ0n) is 22.0. The van der Waals surface area contributed by atoms with Gasteiger partial charge in [-0.15, -0.1) is 18.3 Å². The fraction of sp³-hybridized carbons (Fsp3) is 0.433. The van der Waals surface area contributed by atoms with Crippen molar-refractivity contribution in [2.45, 2.75) is 42.3 Å². The number of rotatable bonds is 9. The minimum Gasteiger partial charge on any atom is -0.466 e. The highest BCUT2D eigenvalue weighted by molar-refractivity contribution is 8.02. The minimum atomic E-state index is -0.910. The average molecular weight is 569 g/mol. The molecule has 3 fully saturated rings. The van der Waals surface area contributed by atoms with Gasteiger partial charge < -0.3 is 19.6 Å². The molecule has 39 heavy (non-hydrogen) atoms. The second kappa shape index (κ2) is 11.0. The summed E-state index contributed by atoms with van der Waals surface area (Å²) in [6.45, 7) is 7.75. The van der Waals surface area contributed by atoms with Gasteiger partial charge in [-0.05, 0) is 49.1 Å². The highest BCUT2D eigenvalue weighted by Gasteiger charge is 2.77. The molecule has 1 N–H and O–H groups in total. The number of likely N-dealkylation sites (tertiary alicyclic amines) is 1. The molecule has 3 aliphatic heterocycles. The van der Waals surface area contributed by atoms with Crippen molar-refractivity contribution in [1.82, 2.24) is 4.90 Å². The molecule has 5 rings (SSSR count). The van der Waals surface area contributed by atoms with E-state index in [4.69, 9.17) is 16.3 Å². The lowest BCUT2D eigenvalue weighted by Gasteiger charge is -2.42. The number of halogens is 1. The Hall–Kier alpha value is -2.81. The van der Waals surface area contributed by atoms with Crippen LogP contribution in [-0.4, -0.2) is 63.6 Å². The molecule has 2 aromatic rings. The monoisotopic (exact) mass is 568 g/mol. The first-order valence-electron chi connectivity index (χ1n) is 13.3. The number of nitrogens with zero attached hydrogens (tertiary/aromatic N) is 2. The Labute approximate surface area is 238 Å². The van der Waals surface area contributed by atoms with Crippen LogP contribution in [0.3, 0.4) is 0 Å². The Bertz CT molecular complexity index is 1260. The van der Waals surface area contributed by atoms with Crippen molar-refractivity contribution in [1.29, 1.82) is 0 Å². The molecule has 2 amide bonds. The van der Waals surface area contributed by atoms with E-state index in [9.17, 15) is 19.5 Å². The zero-order chi connectivity index (χ0) is 27.9. The second-order valence-electron chi connectivity index (χ2n) is 10.4. The normalized spacial score (nSPS) is 29.7. The number of thioether (sulfide) groups is 1. The lowest BCUT2D eigenvalue weighted by molar-refractivity contribution is -0.154. The Morgan fingerprint density at radius 3 is 2.56 bits per heavy atom. The van der Waals surface area contributed by atoms with Gasteiger partial charge in [0, 0.05) is 22.5 Å². The SMILES string of the molecule is C=CCN(C(=O)C1N([C@H](CO)c2ccccc2)C(=O)[C@@H]2[C@@H](C(=O)OCC)[C@H]3CC(C)C12S3)c1ccc(Cl)cc1. The van der Waals surface area contributed by atoms with Gasteiger partial charge in [0.1, 0.15) is 6.04 Å². The molecule has 3 saturated heterocycles. The molecule has 3 heterocycles. The van der Waals surface area contributed by atoms with Crippen molar-refractivity contribution in [2.75, 3.05) is 24.7 Å². The largest absolute Gasteiger partial charge is 0.466 e. The fourth-order valence-electron chi connectivity index (χ4n) is 6.83. The highest BCUT2D eigenvalue weighted by Crippen LogP contribution is 2.69. The number of benzene rings is 2. The molecular weight excluding hydrogens is 536 g/mol. The summed E-state index contributed by atoms with van der Waals surface area (Å²) in [5.74, 6) is -2.33. The predicted molar refractivity (Wildman–Crippen MR) is 152 cm³/mol. The van der Waals surface area contributed by atoms with E-state index in [0.717, 1.165) is 5.56 Å². The summed E-state index contributed by atoms with van der Waals surface area (Å²) in [6.07, 6.45) is 2.35. The number of carbonyl (C=O) groups is 3. The third-order valence-corrected chi connectivity index (χ3v) is 10.7. The molecule has 2 bridgehead atoms. The van der Waals surface area contributed by atoms with Crippen LogP contribution in [0.1, 0.15) is 31.9 Å². The maximum absolute atomic E-state index is 14.7. The standard InChI is InChI=1S/C30H33ClN2O5S/c1-4-15-32(21-13-11-20(31)12-14-21)28(36)26-30-18(3)16-23(39-30)24(29(37)38-5-2)25(30)27(35)33(26)22(17-34)19-9-7-6-8-10-19/h4,6-14,18,22-26,34H,1,5,15-17H2,2-3H3/t18?,22-,23-,24+,25+,26?,30?/m1/s1. The molecule has 2 aromatic carbocycles. The lowest BCUT2D eigenvalue weighted by Crippen LogP contribution is -2.58. The number of aliphatic hydroxyl groups is 1. The van der Waals surface area contributed by atoms with E-state index >= 15 is 0 Å². The third-order valence-electron chi connectivity index (χ3n) is 8.39. The highest BCUT2D eigenvalue weighted by atomic mass is 35.5. The van der Waals surface area contributed by atoms with E-state index < -0.39 is 34.6 Å². The van der Waals surface area contributed by atoms with E-state index in [2.05, 4.69) is 13.5 Å². The first-order chi connectivity index (χ1) is 18.8. The summed E-state index contributed by atoms with van der Waals surface area (Å²) >= 11 is 7.71. The summed E-state index contributed by atoms with van der Waals surface area (Å²) in [4.78, 5) is 45.6. The maximum Gasteiger partial charge on any atom is 0.310 e. The molecular formula is C30H33ClN2O5S. The molecule has 9 heteroatoms. The number of amides is 2. The molecule has 3 aliphatic rings. The van der Waals surface area contributed by atoms with Gasteiger partial charge in [-0.1, -0.05) is 54.9 Å². The smallest absolute Gasteiger partial charge is 0.310 e. The summed E-state index contributed by atoms with van der Waals surface area (Å²) in [6, 6.07) is 14.6. The van der Waals surface area contributed by atoms with Gasteiger partial charge in [0.2, 0.25) is 5.91 Å². The van der Waals surface area contributed by atoms with Gasteiger partial charge in [0.05, 0.1) is 35.8 Å². The summed E-state index contributed by atoms with van der Waals surface area (Å²) in [7, 11) is 0. The quantitative estimate of drug-likeness (QED) is 0.354. The van der Waals surface area contributed by atoms with Crippen LogP contribution in [0.4, 0.5) is 5.69 Å². The number of carbonyl (C=O) groups excluding carboxylic acids is 3. The average Bonchev–Trinajstić information content (AvgIpc) is 3.53. The van der Waals surface area contributed by atoms with Crippen LogP contribution in [-0.2, 0) is 19.1 Å². The predicted octanol–water partition coefficient (Wildman–Crippen LogP) is 4.49. The fourth-order valence-corrected chi connectivity index (χ4v) is 9.35. The van der Waals surface area contributed by atoms with Crippen LogP contribution < -0.4 is 4.90 Å². The van der Waals surface area contributed by atoms with Gasteiger partial charge in [-0.3, -0.25) is 14.4 Å². The van der Waals surface area contributed by atoms with Crippen molar-refractivity contribution in [2.24, 2.45) is 17.8 Å². The Morgan fingerprint density at radius 1 is 1.26 bits per heavy atom. The molecule has 0 radical (unpaired) electrons. The topological polar surface area (TPSA) is 87.2 Å². The summed E-state index contributed by atoms with van der Waals surface area (Å²) in [5, 5.41) is 11.1. The third kappa shape index (κ3) is 4.37. The number of anilines is 1. The van der Waals surface area contributed by atoms with Gasteiger partial charge in [-0.25, -0.2) is 0 Å². The molecule has 206 valence electrons. The lowest BCUT2D eigenvalue weighted by atomic mass is 9.66. The Morgan fingerprint density at radius 2 is 1.95 bits per heavy atom. The van der Waals surface area contributed by atoms with Crippen molar-refractivity contribution >= 4 is 46.8 Å². The van der Waals surface area contributed by atoms with Gasteiger partial charge in [-0.2, -0.15) is 0 Å². The summed E-state index contributed by atoms with van der Waals surface area (Å²) < 4.78 is 4.60. The molecule has 1 spiro atoms. The van der Waals surface area contributed by atoms with Crippen LogP contribution in [0, 0.1) is 17.8 Å². The minimum absolute atomic E-state index is 0.0167. The second-order valence-corrected chi connectivity index (χ2v) is 12.4. The number of hydrogen-bond acceptors (Lipinski definition) is 6. The first kappa shape index (κ1) is 27.7. The number of ether oxygens (including phenoxy) is 1. The number of hydrogen-bond donors (Lipinski definition) is 1. The van der Waals surface area contributed by atoms with Crippen LogP contribution in [0.15, 0.2) is 67.3 Å². The van der Waals surface area contributed by atoms with Gasteiger partial charge in [0.25, 0.3) is 5.91 Å². The molecule has 7 atom stereocenters. The van der Waals surface area contributed by atoms with Crippen molar-refractivity contribution in [3.63, 3.8) is 0 Å². The van der Waals surface area contributed by atoms with Gasteiger partial charge in [0.15, 0.2) is 0 Å². The van der Waals surface area contributed by atoms with E-state index in [1.807, 2.05) is 30.3 Å². The van der Waals surface area contributed by atoms with E-state index in [1.54, 1.807) is 58.8 Å². The molecule has 3 unspecified atom stereocenters. The number of fused-ring (bicyclic) bond motifs is 1. The maximum atomic E-state index is 14.7. The first-order valence-corrected chi connectivity index (χ1v) is 14.6. The van der Waals surface area contributed by atoms with Crippen LogP contribution in [0.25, 0.3) is 0 Å². The zero-order valence-corrected chi connectivity index (χ0v) is 23.6. The Balaban J connectivity index is 1.67. The number of aliphatic hydroxyl groups excluding tert-OH is 1. The molecule has 0 aliphatic carbocycles. The van der Waals surface area contributed by atoms with E-state index in [1.165, 1.54) is 0 Å². The van der Waals surface area contributed by atoms with Crippen LogP contribution in [0.2, 0.25) is 5.02 Å². The van der Waals surface area contributed by atoms with E-state index in [-0.39, 0.29) is 42.7 Å². The van der Waals surface area contributed by atoms with E-state index in [0.29, 0.717) is 17.1 Å². The van der Waals surface area contributed by atoms with Crippen LogP contribution >= 0.6 is 23.4 Å². The molecule has 0 aromatic heterocycles. The van der Waals surface area contributed by atoms with Crippen molar-refractivity contribution in [3.05, 3.63) is 77.8 Å². The van der Waals surface area contributed by atoms with Crippen molar-refractivity contribution in [3.8, 4) is 0 Å². The summed E-state index contributed by atoms with van der Waals surface area (Å²) in [5.41, 5.74) is 1.35. The molecule has 0 saturated carbocycles. The Kier molecular flexibility index (Phi) is 7.82. The van der Waals surface area contributed by atoms with Crippen LogP contribution in [0.5, 0.6) is 0 Å². The van der Waals surface area contributed by atoms with Gasteiger partial charge >= 0.3 is 5.97 Å². The van der Waals surface area contributed by atoms with Crippen molar-refractivity contribution < 1.29 is 24.2 Å². The molecule has 7 nitrogen and oxygen atoms in total.